The second-order valence-corrected chi connectivity index (χ2v) is 9.56. The van der Waals surface area contributed by atoms with Crippen LogP contribution < -0.4 is 0 Å². The molecule has 1 N–H and O–H groups in total. The highest BCUT2D eigenvalue weighted by Gasteiger charge is 2.23. The van der Waals surface area contributed by atoms with Gasteiger partial charge in [0.2, 0.25) is 9.84 Å². The van der Waals surface area contributed by atoms with Crippen LogP contribution in [0, 0.1) is 20.8 Å². The summed E-state index contributed by atoms with van der Waals surface area (Å²) >= 11 is 1.74. The maximum Gasteiger partial charge on any atom is 0.222 e. The normalized spacial score (nSPS) is 11.7. The number of benzene rings is 2. The summed E-state index contributed by atoms with van der Waals surface area (Å²) in [6.07, 6.45) is 2.49. The highest BCUT2D eigenvalue weighted by molar-refractivity contribution is 7.99. The number of hydrogen-bond donors (Lipinski definition) is 1. The molecule has 3 rings (SSSR count). The van der Waals surface area contributed by atoms with Crippen LogP contribution in [-0.2, 0) is 16.3 Å². The Morgan fingerprint density at radius 1 is 0.885 bits per heavy atom. The van der Waals surface area contributed by atoms with E-state index in [1.165, 1.54) is 10.5 Å². The molecule has 136 valence electrons. The molecule has 0 bridgehead atoms. The SMILES string of the molecule is Cc1ccc(SCCc2c(C)c[nH]c2S(=O)(=O)c2ccc(C)cc2)cc1. The third-order valence-electron chi connectivity index (χ3n) is 4.41. The molecule has 26 heavy (non-hydrogen) atoms. The molecule has 1 aromatic heterocycles. The molecule has 0 amide bonds. The summed E-state index contributed by atoms with van der Waals surface area (Å²) in [7, 11) is -3.53. The number of H-pyrrole nitrogens is 1. The van der Waals surface area contributed by atoms with Gasteiger partial charge in [0.1, 0.15) is 5.03 Å². The smallest absolute Gasteiger partial charge is 0.222 e. The molecule has 0 aliphatic heterocycles. The van der Waals surface area contributed by atoms with Crippen LogP contribution in [0.2, 0.25) is 0 Å². The van der Waals surface area contributed by atoms with E-state index in [1.54, 1.807) is 30.1 Å². The maximum atomic E-state index is 13.0. The Bertz CT molecular complexity index is 985. The Morgan fingerprint density at radius 3 is 2.08 bits per heavy atom. The number of aromatic nitrogens is 1. The first-order valence-electron chi connectivity index (χ1n) is 8.56. The van der Waals surface area contributed by atoms with Crippen molar-refractivity contribution >= 4 is 21.6 Å². The molecule has 0 fully saturated rings. The Kier molecular flexibility index (Phi) is 5.58. The zero-order valence-electron chi connectivity index (χ0n) is 15.2. The van der Waals surface area contributed by atoms with Gasteiger partial charge in [-0.2, -0.15) is 0 Å². The van der Waals surface area contributed by atoms with E-state index in [2.05, 4.69) is 36.2 Å². The summed E-state index contributed by atoms with van der Waals surface area (Å²) in [6, 6.07) is 15.4. The number of aryl methyl sites for hydroxylation is 3. The summed E-state index contributed by atoms with van der Waals surface area (Å²) in [6.45, 7) is 5.97. The van der Waals surface area contributed by atoms with Crippen molar-refractivity contribution in [3.63, 3.8) is 0 Å². The predicted octanol–water partition coefficient (Wildman–Crippen LogP) is 5.11. The minimum atomic E-state index is -3.53. The summed E-state index contributed by atoms with van der Waals surface area (Å²) < 4.78 is 26.0. The summed E-state index contributed by atoms with van der Waals surface area (Å²) in [5, 5.41) is 0.323. The number of thioether (sulfide) groups is 1. The highest BCUT2D eigenvalue weighted by atomic mass is 32.2. The van der Waals surface area contributed by atoms with Crippen molar-refractivity contribution in [2.45, 2.75) is 42.0 Å². The predicted molar refractivity (Wildman–Crippen MR) is 108 cm³/mol. The topological polar surface area (TPSA) is 49.9 Å². The fourth-order valence-electron chi connectivity index (χ4n) is 2.82. The second kappa shape index (κ2) is 7.72. The molecular weight excluding hydrogens is 362 g/mol. The average molecular weight is 386 g/mol. The molecular formula is C21H23NO2S2. The van der Waals surface area contributed by atoms with Crippen LogP contribution >= 0.6 is 11.8 Å². The molecule has 2 aromatic carbocycles. The number of rotatable bonds is 6. The molecule has 0 aliphatic rings. The fourth-order valence-corrected chi connectivity index (χ4v) is 5.22. The fraction of sp³-hybridized carbons (Fsp3) is 0.238. The van der Waals surface area contributed by atoms with Crippen LogP contribution in [-0.4, -0.2) is 19.2 Å². The molecule has 0 radical (unpaired) electrons. The third kappa shape index (κ3) is 4.05. The van der Waals surface area contributed by atoms with Gasteiger partial charge in [-0.15, -0.1) is 11.8 Å². The lowest BCUT2D eigenvalue weighted by molar-refractivity contribution is 0.592. The number of aromatic amines is 1. The van der Waals surface area contributed by atoms with E-state index in [0.29, 0.717) is 16.3 Å². The molecule has 1 heterocycles. The van der Waals surface area contributed by atoms with Crippen molar-refractivity contribution in [1.29, 1.82) is 0 Å². The van der Waals surface area contributed by atoms with Crippen molar-refractivity contribution in [1.82, 2.24) is 4.98 Å². The number of hydrogen-bond acceptors (Lipinski definition) is 3. The molecule has 0 spiro atoms. The van der Waals surface area contributed by atoms with Crippen LogP contribution in [0.5, 0.6) is 0 Å². The molecule has 3 nitrogen and oxygen atoms in total. The summed E-state index contributed by atoms with van der Waals surface area (Å²) in [5.41, 5.74) is 4.15. The van der Waals surface area contributed by atoms with E-state index in [0.717, 1.165) is 22.4 Å². The quantitative estimate of drug-likeness (QED) is 0.600. The molecule has 3 aromatic rings. The van der Waals surface area contributed by atoms with Gasteiger partial charge in [0, 0.05) is 16.8 Å². The third-order valence-corrected chi connectivity index (χ3v) is 7.22. The van der Waals surface area contributed by atoms with Crippen molar-refractivity contribution in [2.75, 3.05) is 5.75 Å². The largest absolute Gasteiger partial charge is 0.352 e. The Balaban J connectivity index is 1.80. The van der Waals surface area contributed by atoms with Crippen LogP contribution in [0.15, 0.2) is 69.5 Å². The van der Waals surface area contributed by atoms with E-state index < -0.39 is 9.84 Å². The second-order valence-electron chi connectivity index (χ2n) is 6.51. The van der Waals surface area contributed by atoms with Crippen molar-refractivity contribution in [2.24, 2.45) is 0 Å². The Hall–Kier alpha value is -1.98. The first-order valence-corrected chi connectivity index (χ1v) is 11.0. The van der Waals surface area contributed by atoms with E-state index in [4.69, 9.17) is 0 Å². The lowest BCUT2D eigenvalue weighted by atomic mass is 10.2. The van der Waals surface area contributed by atoms with Gasteiger partial charge in [-0.05, 0) is 62.6 Å². The zero-order chi connectivity index (χ0) is 18.7. The van der Waals surface area contributed by atoms with Gasteiger partial charge >= 0.3 is 0 Å². The van der Waals surface area contributed by atoms with E-state index in [1.807, 2.05) is 26.0 Å². The molecule has 0 aliphatic carbocycles. The molecule has 0 saturated heterocycles. The van der Waals surface area contributed by atoms with Crippen molar-refractivity contribution in [3.05, 3.63) is 77.0 Å². The van der Waals surface area contributed by atoms with Gasteiger partial charge in [0.15, 0.2) is 0 Å². The Labute approximate surface area is 159 Å². The zero-order valence-corrected chi connectivity index (χ0v) is 16.9. The van der Waals surface area contributed by atoms with Crippen LogP contribution in [0.1, 0.15) is 22.3 Å². The van der Waals surface area contributed by atoms with Gasteiger partial charge < -0.3 is 4.98 Å². The van der Waals surface area contributed by atoms with Gasteiger partial charge in [0.25, 0.3) is 0 Å². The first-order chi connectivity index (χ1) is 12.4. The summed E-state index contributed by atoms with van der Waals surface area (Å²) in [5.74, 6) is 0.832. The Morgan fingerprint density at radius 2 is 1.46 bits per heavy atom. The molecule has 0 atom stereocenters. The minimum Gasteiger partial charge on any atom is -0.352 e. The minimum absolute atomic E-state index is 0.323. The van der Waals surface area contributed by atoms with E-state index in [9.17, 15) is 8.42 Å². The summed E-state index contributed by atoms with van der Waals surface area (Å²) in [4.78, 5) is 4.52. The van der Waals surface area contributed by atoms with Gasteiger partial charge in [0.05, 0.1) is 4.90 Å². The van der Waals surface area contributed by atoms with Gasteiger partial charge in [-0.1, -0.05) is 35.4 Å². The van der Waals surface area contributed by atoms with E-state index in [-0.39, 0.29) is 0 Å². The molecule has 0 saturated carbocycles. The lowest BCUT2D eigenvalue weighted by Crippen LogP contribution is -2.06. The van der Waals surface area contributed by atoms with Crippen LogP contribution in [0.4, 0.5) is 0 Å². The highest BCUT2D eigenvalue weighted by Crippen LogP contribution is 2.28. The maximum absolute atomic E-state index is 13.0. The number of nitrogens with one attached hydrogen (secondary N) is 1. The molecule has 0 unspecified atom stereocenters. The van der Waals surface area contributed by atoms with Crippen molar-refractivity contribution < 1.29 is 8.42 Å². The number of sulfone groups is 1. The van der Waals surface area contributed by atoms with Crippen molar-refractivity contribution in [3.8, 4) is 0 Å². The standard InChI is InChI=1S/C21H23NO2S2/c1-15-4-8-18(9-5-15)25-13-12-20-17(3)14-22-21(20)26(23,24)19-10-6-16(2)7-11-19/h4-11,14,22H,12-13H2,1-3H3. The van der Waals surface area contributed by atoms with Crippen LogP contribution in [0.25, 0.3) is 0 Å². The average Bonchev–Trinajstić information content (AvgIpc) is 2.99. The first kappa shape index (κ1) is 18.8. The lowest BCUT2D eigenvalue weighted by Gasteiger charge is -2.08. The monoisotopic (exact) mass is 385 g/mol. The van der Waals surface area contributed by atoms with Crippen LogP contribution in [0.3, 0.4) is 0 Å². The van der Waals surface area contributed by atoms with Gasteiger partial charge in [-0.25, -0.2) is 8.42 Å². The molecule has 5 heteroatoms. The van der Waals surface area contributed by atoms with Gasteiger partial charge in [-0.3, -0.25) is 0 Å². The van der Waals surface area contributed by atoms with E-state index >= 15 is 0 Å².